The molecule has 24 heavy (non-hydrogen) atoms. The van der Waals surface area contributed by atoms with Crippen molar-refractivity contribution >= 4 is 10.9 Å². The Bertz CT molecular complexity index is 702. The zero-order valence-electron chi connectivity index (χ0n) is 14.1. The predicted molar refractivity (Wildman–Crippen MR) is 101 cm³/mol. The van der Waals surface area contributed by atoms with Gasteiger partial charge in [-0.15, -0.1) is 0 Å². The first-order valence-electron chi connectivity index (χ1n) is 7.96. The van der Waals surface area contributed by atoms with E-state index in [4.69, 9.17) is 4.74 Å². The second kappa shape index (κ2) is 8.04. The van der Waals surface area contributed by atoms with E-state index in [2.05, 4.69) is 84.9 Å². The van der Waals surface area contributed by atoms with E-state index in [1.165, 1.54) is 14.7 Å². The summed E-state index contributed by atoms with van der Waals surface area (Å²) in [6.07, 6.45) is 0. The van der Waals surface area contributed by atoms with E-state index in [9.17, 15) is 0 Å². The summed E-state index contributed by atoms with van der Waals surface area (Å²) >= 11 is 0. The van der Waals surface area contributed by atoms with Crippen molar-refractivity contribution < 1.29 is 4.74 Å². The van der Waals surface area contributed by atoms with Crippen molar-refractivity contribution in [3.63, 3.8) is 0 Å². The summed E-state index contributed by atoms with van der Waals surface area (Å²) in [5, 5.41) is 0. The predicted octanol–water partition coefficient (Wildman–Crippen LogP) is 4.68. The van der Waals surface area contributed by atoms with Crippen molar-refractivity contribution in [1.82, 2.24) is 4.90 Å². The highest BCUT2D eigenvalue weighted by Gasteiger charge is 2.28. The van der Waals surface area contributed by atoms with Gasteiger partial charge in [0.15, 0.2) is 14.7 Å². The summed E-state index contributed by atoms with van der Waals surface area (Å²) in [6, 6.07) is 29.8. The Morgan fingerprint density at radius 1 is 0.667 bits per heavy atom. The molecule has 0 aliphatic heterocycles. The molecule has 0 atom stereocenters. The third kappa shape index (κ3) is 4.19. The molecule has 3 rings (SSSR count). The molecular formula is C21H22NOS+. The molecule has 0 aromatic heterocycles. The summed E-state index contributed by atoms with van der Waals surface area (Å²) in [4.78, 5) is 5.95. The van der Waals surface area contributed by atoms with Crippen LogP contribution in [-0.4, -0.2) is 25.7 Å². The molecule has 3 aromatic rings. The number of nitrogens with zero attached hydrogens (tertiary/aromatic N) is 1. The maximum Gasteiger partial charge on any atom is 0.166 e. The van der Waals surface area contributed by atoms with Gasteiger partial charge >= 0.3 is 0 Å². The van der Waals surface area contributed by atoms with Gasteiger partial charge in [0.2, 0.25) is 0 Å². The molecule has 0 N–H and O–H groups in total. The molecule has 0 aliphatic rings. The van der Waals surface area contributed by atoms with Crippen LogP contribution < -0.4 is 4.74 Å². The molecule has 3 heteroatoms. The van der Waals surface area contributed by atoms with Crippen LogP contribution in [0.25, 0.3) is 0 Å². The fourth-order valence-corrected chi connectivity index (χ4v) is 4.48. The van der Waals surface area contributed by atoms with Crippen LogP contribution >= 0.6 is 0 Å². The highest BCUT2D eigenvalue weighted by Crippen LogP contribution is 2.31. The molecule has 0 fully saturated rings. The van der Waals surface area contributed by atoms with Gasteiger partial charge in [-0.25, -0.2) is 0 Å². The molecule has 0 unspecified atom stereocenters. The van der Waals surface area contributed by atoms with Crippen molar-refractivity contribution in [2.75, 3.05) is 20.8 Å². The zero-order valence-corrected chi connectivity index (χ0v) is 14.9. The Morgan fingerprint density at radius 3 is 1.58 bits per heavy atom. The van der Waals surface area contributed by atoms with Crippen LogP contribution in [0, 0.1) is 0 Å². The number of ether oxygens (including phenoxy) is 1. The Balaban J connectivity index is 1.92. The van der Waals surface area contributed by atoms with E-state index >= 15 is 0 Å². The zero-order chi connectivity index (χ0) is 16.8. The molecule has 122 valence electrons. The van der Waals surface area contributed by atoms with Gasteiger partial charge in [0, 0.05) is 0 Å². The van der Waals surface area contributed by atoms with E-state index in [0.29, 0.717) is 6.73 Å². The Kier molecular flexibility index (Phi) is 5.57. The van der Waals surface area contributed by atoms with Crippen LogP contribution in [0.2, 0.25) is 0 Å². The average Bonchev–Trinajstić information content (AvgIpc) is 2.63. The van der Waals surface area contributed by atoms with E-state index in [1.807, 2.05) is 19.0 Å². The summed E-state index contributed by atoms with van der Waals surface area (Å²) in [6.45, 7) is 0.586. The van der Waals surface area contributed by atoms with E-state index < -0.39 is 0 Å². The standard InChI is InChI=1S/C21H22NOS/c1-22(2)17-23-18-13-15-21(16-14-18)24(19-9-5-3-6-10-19)20-11-7-4-8-12-20/h3-16H,17H2,1-2H3/q+1. The summed E-state index contributed by atoms with van der Waals surface area (Å²) in [5.74, 6) is 0.900. The fourth-order valence-electron chi connectivity index (χ4n) is 2.40. The topological polar surface area (TPSA) is 12.5 Å². The van der Waals surface area contributed by atoms with Crippen LogP contribution in [0.3, 0.4) is 0 Å². The molecule has 0 amide bonds. The largest absolute Gasteiger partial charge is 0.478 e. The van der Waals surface area contributed by atoms with Crippen molar-refractivity contribution in [1.29, 1.82) is 0 Å². The van der Waals surface area contributed by atoms with Gasteiger partial charge in [-0.1, -0.05) is 36.4 Å². The lowest BCUT2D eigenvalue weighted by molar-refractivity contribution is 0.179. The molecule has 0 spiro atoms. The Hall–Kier alpha value is -2.23. The molecule has 2 nitrogen and oxygen atoms in total. The van der Waals surface area contributed by atoms with Gasteiger partial charge in [0.1, 0.15) is 12.5 Å². The summed E-state index contributed by atoms with van der Waals surface area (Å²) < 4.78 is 5.74. The Morgan fingerprint density at radius 2 is 1.12 bits per heavy atom. The minimum atomic E-state index is -0.102. The number of benzene rings is 3. The van der Waals surface area contributed by atoms with Crippen molar-refractivity contribution in [2.45, 2.75) is 14.7 Å². The number of hydrogen-bond acceptors (Lipinski definition) is 2. The third-order valence-corrected chi connectivity index (χ3v) is 5.74. The molecule has 0 saturated carbocycles. The molecule has 0 saturated heterocycles. The molecular weight excluding hydrogens is 314 g/mol. The minimum absolute atomic E-state index is 0.102. The van der Waals surface area contributed by atoms with E-state index in [1.54, 1.807) is 0 Å². The summed E-state index contributed by atoms with van der Waals surface area (Å²) in [7, 11) is 3.89. The average molecular weight is 336 g/mol. The van der Waals surface area contributed by atoms with Gasteiger partial charge in [-0.3, -0.25) is 4.90 Å². The smallest absolute Gasteiger partial charge is 0.166 e. The van der Waals surface area contributed by atoms with E-state index in [-0.39, 0.29) is 10.9 Å². The molecule has 0 heterocycles. The van der Waals surface area contributed by atoms with Crippen LogP contribution in [0.1, 0.15) is 0 Å². The van der Waals surface area contributed by atoms with Crippen LogP contribution in [-0.2, 0) is 10.9 Å². The van der Waals surface area contributed by atoms with Gasteiger partial charge in [0.25, 0.3) is 0 Å². The van der Waals surface area contributed by atoms with Gasteiger partial charge in [-0.2, -0.15) is 0 Å². The Labute approximate surface area is 147 Å². The highest BCUT2D eigenvalue weighted by molar-refractivity contribution is 7.97. The minimum Gasteiger partial charge on any atom is -0.478 e. The highest BCUT2D eigenvalue weighted by atomic mass is 32.2. The number of hydrogen-bond donors (Lipinski definition) is 0. The fraction of sp³-hybridized carbons (Fsp3) is 0.143. The maximum absolute atomic E-state index is 5.74. The van der Waals surface area contributed by atoms with Gasteiger partial charge < -0.3 is 4.74 Å². The quantitative estimate of drug-likeness (QED) is 0.479. The van der Waals surface area contributed by atoms with Crippen molar-refractivity contribution in [3.8, 4) is 5.75 Å². The van der Waals surface area contributed by atoms with Crippen LogP contribution in [0.4, 0.5) is 0 Å². The molecule has 0 radical (unpaired) electrons. The number of rotatable bonds is 6. The van der Waals surface area contributed by atoms with Crippen molar-refractivity contribution in [3.05, 3.63) is 84.9 Å². The monoisotopic (exact) mass is 336 g/mol. The van der Waals surface area contributed by atoms with Gasteiger partial charge in [0.05, 0.1) is 10.9 Å². The lowest BCUT2D eigenvalue weighted by Gasteiger charge is -2.12. The molecule has 0 aliphatic carbocycles. The summed E-state index contributed by atoms with van der Waals surface area (Å²) in [5.41, 5.74) is 0. The first-order chi connectivity index (χ1) is 11.7. The maximum atomic E-state index is 5.74. The third-order valence-electron chi connectivity index (χ3n) is 3.51. The van der Waals surface area contributed by atoms with E-state index in [0.717, 1.165) is 5.75 Å². The molecule has 0 bridgehead atoms. The second-order valence-electron chi connectivity index (χ2n) is 5.76. The normalized spacial score (nSPS) is 11.0. The van der Waals surface area contributed by atoms with Gasteiger partial charge in [-0.05, 0) is 62.6 Å². The SMILES string of the molecule is CN(C)COc1ccc([S+](c2ccccc2)c2ccccc2)cc1. The lowest BCUT2D eigenvalue weighted by Crippen LogP contribution is -2.18. The van der Waals surface area contributed by atoms with Crippen molar-refractivity contribution in [2.24, 2.45) is 0 Å². The first-order valence-corrected chi connectivity index (χ1v) is 9.18. The lowest BCUT2D eigenvalue weighted by atomic mass is 10.3. The van der Waals surface area contributed by atoms with Crippen LogP contribution in [0.15, 0.2) is 99.6 Å². The second-order valence-corrected chi connectivity index (χ2v) is 7.78. The first kappa shape index (κ1) is 16.6. The molecule has 3 aromatic carbocycles. The van der Waals surface area contributed by atoms with Crippen LogP contribution in [0.5, 0.6) is 5.75 Å².